The van der Waals surface area contributed by atoms with Gasteiger partial charge in [0, 0.05) is 17.0 Å². The van der Waals surface area contributed by atoms with Crippen LogP contribution in [0.25, 0.3) is 10.6 Å². The van der Waals surface area contributed by atoms with Gasteiger partial charge in [-0.1, -0.05) is 30.3 Å². The van der Waals surface area contributed by atoms with Crippen LogP contribution in [0.5, 0.6) is 0 Å². The highest BCUT2D eigenvalue weighted by Crippen LogP contribution is 2.24. The Hall–Kier alpha value is -1.68. The summed E-state index contributed by atoms with van der Waals surface area (Å²) in [7, 11) is 0. The molecule has 1 N–H and O–H groups in total. The molecule has 1 aromatic heterocycles. The lowest BCUT2D eigenvalue weighted by atomic mass is 10.2. The minimum Gasteiger partial charge on any atom is -0.348 e. The van der Waals surface area contributed by atoms with E-state index in [9.17, 15) is 4.79 Å². The molecule has 0 saturated heterocycles. The highest BCUT2D eigenvalue weighted by Gasteiger charge is 2.24. The second-order valence-corrected chi connectivity index (χ2v) is 5.01. The van der Waals surface area contributed by atoms with Crippen LogP contribution in [-0.4, -0.2) is 16.9 Å². The zero-order valence-electron chi connectivity index (χ0n) is 9.22. The number of carbonyl (C=O) groups excluding carboxylic acids is 1. The number of hydrogen-bond donors (Lipinski definition) is 1. The number of hydrogen-bond acceptors (Lipinski definition) is 3. The number of aromatic nitrogens is 1. The monoisotopic (exact) mass is 244 g/mol. The molecule has 17 heavy (non-hydrogen) atoms. The van der Waals surface area contributed by atoms with Gasteiger partial charge in [0.1, 0.15) is 10.7 Å². The van der Waals surface area contributed by atoms with Gasteiger partial charge in [0.05, 0.1) is 0 Å². The average molecular weight is 244 g/mol. The van der Waals surface area contributed by atoms with E-state index in [0.717, 1.165) is 23.4 Å². The van der Waals surface area contributed by atoms with E-state index in [1.165, 1.54) is 11.3 Å². The first-order valence-corrected chi connectivity index (χ1v) is 6.53. The summed E-state index contributed by atoms with van der Waals surface area (Å²) in [6, 6.07) is 10.3. The summed E-state index contributed by atoms with van der Waals surface area (Å²) < 4.78 is 0. The number of nitrogens with zero attached hydrogens (tertiary/aromatic N) is 1. The minimum absolute atomic E-state index is 0.0501. The van der Waals surface area contributed by atoms with Crippen LogP contribution in [0.4, 0.5) is 0 Å². The van der Waals surface area contributed by atoms with Gasteiger partial charge in [-0.05, 0) is 12.8 Å². The number of thiazole rings is 1. The molecule has 1 aliphatic rings. The Balaban J connectivity index is 1.80. The highest BCUT2D eigenvalue weighted by atomic mass is 32.1. The molecule has 3 rings (SSSR count). The summed E-state index contributed by atoms with van der Waals surface area (Å²) in [6.45, 7) is 0. The first kappa shape index (κ1) is 10.5. The minimum atomic E-state index is -0.0501. The fourth-order valence-electron chi connectivity index (χ4n) is 1.58. The number of amides is 1. The molecule has 0 aliphatic heterocycles. The Kier molecular flexibility index (Phi) is 2.65. The van der Waals surface area contributed by atoms with E-state index >= 15 is 0 Å². The summed E-state index contributed by atoms with van der Waals surface area (Å²) >= 11 is 1.51. The van der Waals surface area contributed by atoms with Crippen molar-refractivity contribution in [2.75, 3.05) is 0 Å². The molecule has 0 unspecified atom stereocenters. The van der Waals surface area contributed by atoms with E-state index in [1.54, 1.807) is 0 Å². The van der Waals surface area contributed by atoms with Gasteiger partial charge in [0.25, 0.3) is 5.91 Å². The largest absolute Gasteiger partial charge is 0.348 e. The zero-order valence-corrected chi connectivity index (χ0v) is 10.0. The summed E-state index contributed by atoms with van der Waals surface area (Å²) in [6.07, 6.45) is 2.20. The van der Waals surface area contributed by atoms with E-state index in [4.69, 9.17) is 0 Å². The molecule has 0 spiro atoms. The standard InChI is InChI=1S/C13H12N2OS/c16-12(14-10-6-7-10)11-8-17-13(15-11)9-4-2-1-3-5-9/h1-5,8,10H,6-7H2,(H,14,16). The van der Waals surface area contributed by atoms with Crippen LogP contribution >= 0.6 is 11.3 Å². The SMILES string of the molecule is O=C(NC1CC1)c1csc(-c2ccccc2)n1. The fourth-order valence-corrected chi connectivity index (χ4v) is 2.38. The number of carbonyl (C=O) groups is 1. The number of rotatable bonds is 3. The molecule has 3 nitrogen and oxygen atoms in total. The Bertz CT molecular complexity index is 531. The summed E-state index contributed by atoms with van der Waals surface area (Å²) in [5, 5.41) is 5.65. The van der Waals surface area contributed by atoms with Crippen molar-refractivity contribution in [1.82, 2.24) is 10.3 Å². The van der Waals surface area contributed by atoms with Crippen molar-refractivity contribution >= 4 is 17.2 Å². The molecular weight excluding hydrogens is 232 g/mol. The molecule has 0 atom stereocenters. The van der Waals surface area contributed by atoms with Crippen LogP contribution < -0.4 is 5.32 Å². The van der Waals surface area contributed by atoms with Gasteiger partial charge in [0.15, 0.2) is 0 Å². The first-order valence-electron chi connectivity index (χ1n) is 5.65. The van der Waals surface area contributed by atoms with Crippen LogP contribution in [0.1, 0.15) is 23.3 Å². The third-order valence-electron chi connectivity index (χ3n) is 2.67. The van der Waals surface area contributed by atoms with Crippen molar-refractivity contribution in [3.8, 4) is 10.6 Å². The van der Waals surface area contributed by atoms with Gasteiger partial charge in [0.2, 0.25) is 0 Å². The van der Waals surface area contributed by atoms with E-state index in [2.05, 4.69) is 10.3 Å². The Morgan fingerprint density at radius 2 is 2.06 bits per heavy atom. The average Bonchev–Trinajstić information content (AvgIpc) is 3.04. The molecule has 86 valence electrons. The van der Waals surface area contributed by atoms with Crippen molar-refractivity contribution < 1.29 is 4.79 Å². The van der Waals surface area contributed by atoms with Crippen LogP contribution in [0, 0.1) is 0 Å². The van der Waals surface area contributed by atoms with Crippen molar-refractivity contribution in [3.63, 3.8) is 0 Å². The maximum absolute atomic E-state index is 11.8. The molecule has 1 fully saturated rings. The van der Waals surface area contributed by atoms with Gasteiger partial charge < -0.3 is 5.32 Å². The van der Waals surface area contributed by atoms with Crippen molar-refractivity contribution in [2.45, 2.75) is 18.9 Å². The lowest BCUT2D eigenvalue weighted by Gasteiger charge is -1.98. The summed E-state index contributed by atoms with van der Waals surface area (Å²) in [4.78, 5) is 16.1. The quantitative estimate of drug-likeness (QED) is 0.902. The maximum atomic E-state index is 11.8. The normalized spacial score (nSPS) is 14.6. The second kappa shape index (κ2) is 4.30. The van der Waals surface area contributed by atoms with E-state index < -0.39 is 0 Å². The van der Waals surface area contributed by atoms with Gasteiger partial charge in [-0.3, -0.25) is 4.79 Å². The number of nitrogens with one attached hydrogen (secondary N) is 1. The van der Waals surface area contributed by atoms with Crippen LogP contribution in [0.3, 0.4) is 0 Å². The molecule has 1 aliphatic carbocycles. The molecule has 1 amide bonds. The van der Waals surface area contributed by atoms with Crippen molar-refractivity contribution in [1.29, 1.82) is 0 Å². The molecule has 0 bridgehead atoms. The summed E-state index contributed by atoms with van der Waals surface area (Å²) in [5.74, 6) is -0.0501. The van der Waals surface area contributed by atoms with Crippen molar-refractivity contribution in [3.05, 3.63) is 41.4 Å². The van der Waals surface area contributed by atoms with Crippen molar-refractivity contribution in [2.24, 2.45) is 0 Å². The molecule has 1 aromatic carbocycles. The van der Waals surface area contributed by atoms with Crippen LogP contribution in [0.2, 0.25) is 0 Å². The Morgan fingerprint density at radius 3 is 2.76 bits per heavy atom. The van der Waals surface area contributed by atoms with Gasteiger partial charge in [-0.25, -0.2) is 4.98 Å². The molecule has 0 radical (unpaired) electrons. The topological polar surface area (TPSA) is 42.0 Å². The molecule has 1 saturated carbocycles. The summed E-state index contributed by atoms with van der Waals surface area (Å²) in [5.41, 5.74) is 1.59. The lowest BCUT2D eigenvalue weighted by molar-refractivity contribution is 0.0947. The lowest BCUT2D eigenvalue weighted by Crippen LogP contribution is -2.25. The smallest absolute Gasteiger partial charge is 0.270 e. The Labute approximate surface area is 104 Å². The molecule has 1 heterocycles. The number of benzene rings is 1. The van der Waals surface area contributed by atoms with E-state index in [1.807, 2.05) is 35.7 Å². The van der Waals surface area contributed by atoms with E-state index in [0.29, 0.717) is 11.7 Å². The zero-order chi connectivity index (χ0) is 11.7. The third-order valence-corrected chi connectivity index (χ3v) is 3.56. The highest BCUT2D eigenvalue weighted by molar-refractivity contribution is 7.13. The third kappa shape index (κ3) is 2.36. The van der Waals surface area contributed by atoms with Crippen LogP contribution in [0.15, 0.2) is 35.7 Å². The van der Waals surface area contributed by atoms with Gasteiger partial charge in [-0.15, -0.1) is 11.3 Å². The van der Waals surface area contributed by atoms with Gasteiger partial charge >= 0.3 is 0 Å². The first-order chi connectivity index (χ1) is 8.33. The fraction of sp³-hybridized carbons (Fsp3) is 0.231. The maximum Gasteiger partial charge on any atom is 0.270 e. The molecule has 4 heteroatoms. The Morgan fingerprint density at radius 1 is 1.29 bits per heavy atom. The predicted octanol–water partition coefficient (Wildman–Crippen LogP) is 2.70. The van der Waals surface area contributed by atoms with Crippen LogP contribution in [-0.2, 0) is 0 Å². The predicted molar refractivity (Wildman–Crippen MR) is 68.0 cm³/mol. The molecular formula is C13H12N2OS. The van der Waals surface area contributed by atoms with E-state index in [-0.39, 0.29) is 5.91 Å². The second-order valence-electron chi connectivity index (χ2n) is 4.15. The van der Waals surface area contributed by atoms with Gasteiger partial charge in [-0.2, -0.15) is 0 Å². The molecule has 2 aromatic rings.